The average molecular weight is 991 g/mol. The minimum absolute atomic E-state index is 0.00478. The molecule has 13 nitrogen and oxygen atoms in total. The minimum Gasteiger partial charge on any atom is -0.444 e. The molecule has 0 spiro atoms. The molecule has 3 saturated carbocycles. The highest BCUT2D eigenvalue weighted by atomic mass is 35.5. The number of alkyl carbamates (subject to hydrolysis) is 1. The predicted octanol–water partition coefficient (Wildman–Crippen LogP) is 10.5. The molecule has 4 fully saturated rings. The van der Waals surface area contributed by atoms with E-state index in [0.717, 1.165) is 43.2 Å². The van der Waals surface area contributed by atoms with E-state index in [1.54, 1.807) is 58.9 Å². The maximum Gasteiger partial charge on any atom is 0.461 e. The molecule has 2 aromatic carbocycles. The van der Waals surface area contributed by atoms with Crippen molar-refractivity contribution < 1.29 is 47.5 Å². The normalized spacial score (nSPS) is 23.1. The van der Waals surface area contributed by atoms with Gasteiger partial charge in [0.2, 0.25) is 11.8 Å². The molecule has 386 valence electrons. The summed E-state index contributed by atoms with van der Waals surface area (Å²) in [6, 6.07) is 12.4. The Balaban J connectivity index is 1.27. The van der Waals surface area contributed by atoms with Crippen molar-refractivity contribution in [3.63, 3.8) is 0 Å². The summed E-state index contributed by atoms with van der Waals surface area (Å²) < 4.78 is 24.8. The lowest BCUT2D eigenvalue weighted by Crippen LogP contribution is -2.65. The number of rotatable bonds is 24. The molecule has 15 heteroatoms. The van der Waals surface area contributed by atoms with E-state index in [2.05, 4.69) is 43.6 Å². The van der Waals surface area contributed by atoms with Gasteiger partial charge in [-0.25, -0.2) is 4.79 Å². The molecule has 70 heavy (non-hydrogen) atoms. The Kier molecular flexibility index (Phi) is 19.2. The van der Waals surface area contributed by atoms with E-state index < -0.39 is 77.6 Å². The van der Waals surface area contributed by atoms with Crippen LogP contribution >= 0.6 is 11.6 Å². The van der Waals surface area contributed by atoms with Gasteiger partial charge in [-0.05, 0) is 127 Å². The molecule has 0 unspecified atom stereocenters. The van der Waals surface area contributed by atoms with Gasteiger partial charge in [-0.2, -0.15) is 0 Å². The van der Waals surface area contributed by atoms with Gasteiger partial charge in [-0.1, -0.05) is 102 Å². The molecule has 0 aromatic heterocycles. The van der Waals surface area contributed by atoms with Crippen molar-refractivity contribution in [1.82, 2.24) is 16.0 Å². The van der Waals surface area contributed by atoms with Gasteiger partial charge in [0.25, 0.3) is 0 Å². The van der Waals surface area contributed by atoms with E-state index in [0.29, 0.717) is 28.8 Å². The summed E-state index contributed by atoms with van der Waals surface area (Å²) in [5, 5.41) is 9.18. The monoisotopic (exact) mass is 990 g/mol. The number of Topliss-reactive ketones (excluding diaryl/α,β-unsaturated/α-hetero) is 3. The van der Waals surface area contributed by atoms with Crippen LogP contribution in [0.1, 0.15) is 165 Å². The number of hydrogen-bond acceptors (Lipinski definition) is 10. The van der Waals surface area contributed by atoms with E-state index in [4.69, 9.17) is 30.4 Å². The molecule has 1 saturated heterocycles. The molecule has 2 bridgehead atoms. The summed E-state index contributed by atoms with van der Waals surface area (Å²) in [5.41, 5.74) is 0.531. The molecular formula is C55H81BClN3O10. The number of ether oxygens (including phenoxy) is 2. The third-order valence-corrected chi connectivity index (χ3v) is 15.0. The highest BCUT2D eigenvalue weighted by Crippen LogP contribution is 2.66. The first-order valence-corrected chi connectivity index (χ1v) is 26.0. The van der Waals surface area contributed by atoms with Gasteiger partial charge in [-0.15, -0.1) is 0 Å². The van der Waals surface area contributed by atoms with Crippen LogP contribution in [0.25, 0.3) is 11.1 Å². The number of amides is 3. The first-order valence-electron chi connectivity index (χ1n) is 25.6. The van der Waals surface area contributed by atoms with Gasteiger partial charge in [0.15, 0.2) is 17.3 Å². The summed E-state index contributed by atoms with van der Waals surface area (Å²) in [7, 11) is -0.520. The molecule has 6 rings (SSSR count). The SMILES string of the molecule is CCCCC[C@H](NC(=O)[C@H](C)CC(=O)[C@@H](NC(=O)[C@H](CCNC(=O)OC(C)(C)C)CC(=O)c1ccc(-c2ccc(Cl)cc2)cc1)[C@@H](C)OC(C)(C)C)C(=O)C[C@@H](C)B1O[C@@H]2C[C@@H]3C[C@@H](C3(C)C)[C@]2(C)O1. The first-order chi connectivity index (χ1) is 32.6. The number of nitrogens with one attached hydrogen (secondary N) is 3. The Morgan fingerprint density at radius 1 is 0.786 bits per heavy atom. The Labute approximate surface area is 422 Å². The molecule has 1 heterocycles. The summed E-state index contributed by atoms with van der Waals surface area (Å²) in [4.78, 5) is 83.3. The third-order valence-electron chi connectivity index (χ3n) is 14.7. The molecule has 3 N–H and O–H groups in total. The molecule has 0 radical (unpaired) electrons. The van der Waals surface area contributed by atoms with Crippen molar-refractivity contribution in [2.75, 3.05) is 6.54 Å². The number of benzene rings is 2. The van der Waals surface area contributed by atoms with Crippen LogP contribution in [-0.2, 0) is 38.0 Å². The summed E-state index contributed by atoms with van der Waals surface area (Å²) in [5.74, 6) is -2.96. The Bertz CT molecular complexity index is 2150. The zero-order valence-corrected chi connectivity index (χ0v) is 44.9. The third kappa shape index (κ3) is 15.0. The van der Waals surface area contributed by atoms with E-state index in [1.807, 2.05) is 52.0 Å². The van der Waals surface area contributed by atoms with E-state index >= 15 is 0 Å². The van der Waals surface area contributed by atoms with Crippen LogP contribution < -0.4 is 16.0 Å². The molecule has 1 aliphatic heterocycles. The number of carbonyl (C=O) groups excluding carboxylic acids is 6. The molecule has 2 aromatic rings. The Morgan fingerprint density at radius 2 is 1.41 bits per heavy atom. The standard InChI is InChI=1S/C55H81BClN3O10/c1-14-15-16-17-42(44(62)29-34(3)56-69-47-32-40-31-46(54(40,11)12)55(47,13)70-56)59-49(64)33(2)28-45(63)48(35(4)67-52(5,6)7)60-50(65)39(26-27-58-51(66)68-53(8,9)10)30-43(61)38-20-18-36(19-21-38)37-22-24-41(57)25-23-37/h18-25,33-35,39-40,42,46-48H,14-17,26-32H2,1-13H3,(H,58,66)(H,59,64)(H,60,65)/t33-,34-,35-,39-,40+,42+,46+,47-,48+,55+/m1/s1. The van der Waals surface area contributed by atoms with Crippen molar-refractivity contribution in [3.05, 3.63) is 59.1 Å². The van der Waals surface area contributed by atoms with E-state index in [9.17, 15) is 28.8 Å². The van der Waals surface area contributed by atoms with Gasteiger partial charge < -0.3 is 34.7 Å². The van der Waals surface area contributed by atoms with Crippen LogP contribution in [-0.4, -0.2) is 90.0 Å². The smallest absolute Gasteiger partial charge is 0.444 e. The van der Waals surface area contributed by atoms with Crippen LogP contribution in [0.4, 0.5) is 4.79 Å². The Hall–Kier alpha value is -4.11. The summed E-state index contributed by atoms with van der Waals surface area (Å²) in [6.45, 7) is 24.9. The number of hydrogen-bond donors (Lipinski definition) is 3. The lowest BCUT2D eigenvalue weighted by molar-refractivity contribution is -0.199. The molecule has 3 aliphatic carbocycles. The van der Waals surface area contributed by atoms with Gasteiger partial charge >= 0.3 is 13.2 Å². The zero-order valence-electron chi connectivity index (χ0n) is 44.1. The first kappa shape index (κ1) is 56.8. The number of carbonyl (C=O) groups is 6. The van der Waals surface area contributed by atoms with Gasteiger partial charge in [-0.3, -0.25) is 24.0 Å². The lowest BCUT2D eigenvalue weighted by Gasteiger charge is -2.64. The number of ketones is 3. The molecular weight excluding hydrogens is 909 g/mol. The van der Waals surface area contributed by atoms with Crippen molar-refractivity contribution in [3.8, 4) is 11.1 Å². The lowest BCUT2D eigenvalue weighted by atomic mass is 9.43. The second-order valence-electron chi connectivity index (χ2n) is 23.2. The fraction of sp³-hybridized carbons (Fsp3) is 0.673. The van der Waals surface area contributed by atoms with E-state index in [1.165, 1.54) is 0 Å². The summed E-state index contributed by atoms with van der Waals surface area (Å²) >= 11 is 6.08. The van der Waals surface area contributed by atoms with Crippen molar-refractivity contribution in [1.29, 1.82) is 0 Å². The average Bonchev–Trinajstić information content (AvgIpc) is 3.64. The Morgan fingerprint density at radius 3 is 2.00 bits per heavy atom. The van der Waals surface area contributed by atoms with Crippen LogP contribution in [0, 0.1) is 29.1 Å². The quantitative estimate of drug-likeness (QED) is 0.0521. The maximum absolute atomic E-state index is 14.4. The molecule has 3 amide bonds. The largest absolute Gasteiger partial charge is 0.461 e. The number of halogens is 1. The van der Waals surface area contributed by atoms with Crippen molar-refractivity contribution in [2.24, 2.45) is 29.1 Å². The maximum atomic E-state index is 14.4. The van der Waals surface area contributed by atoms with Crippen LogP contribution in [0.15, 0.2) is 48.5 Å². The second kappa shape index (κ2) is 23.6. The van der Waals surface area contributed by atoms with Gasteiger partial charge in [0.1, 0.15) is 11.6 Å². The predicted molar refractivity (Wildman–Crippen MR) is 274 cm³/mol. The van der Waals surface area contributed by atoms with Gasteiger partial charge in [0.05, 0.1) is 29.5 Å². The van der Waals surface area contributed by atoms with Crippen LogP contribution in [0.3, 0.4) is 0 Å². The second-order valence-corrected chi connectivity index (χ2v) is 23.6. The fourth-order valence-electron chi connectivity index (χ4n) is 10.6. The van der Waals surface area contributed by atoms with E-state index in [-0.39, 0.29) is 61.1 Å². The fourth-order valence-corrected chi connectivity index (χ4v) is 10.8. The minimum atomic E-state index is -1.20. The topological polar surface area (TPSA) is 175 Å². The zero-order chi connectivity index (χ0) is 51.9. The van der Waals surface area contributed by atoms with Crippen molar-refractivity contribution >= 4 is 54.0 Å². The van der Waals surface area contributed by atoms with Gasteiger partial charge in [0, 0.05) is 48.2 Å². The van der Waals surface area contributed by atoms with Crippen LogP contribution in [0.5, 0.6) is 0 Å². The highest BCUT2D eigenvalue weighted by molar-refractivity contribution is 6.47. The number of unbranched alkanes of at least 4 members (excludes halogenated alkanes) is 2. The molecule has 10 atom stereocenters. The summed E-state index contributed by atoms with van der Waals surface area (Å²) in [6.07, 6.45) is 3.34. The highest BCUT2D eigenvalue weighted by Gasteiger charge is 2.68. The van der Waals surface area contributed by atoms with Crippen LogP contribution in [0.2, 0.25) is 10.8 Å². The molecule has 4 aliphatic rings. The van der Waals surface area contributed by atoms with Crippen molar-refractivity contribution in [2.45, 2.75) is 201 Å².